The number of hydrogen-bond donors (Lipinski definition) is 0. The highest BCUT2D eigenvalue weighted by atomic mass is 16.2. The SMILES string of the molecule is Cc1ccncc1N(C)C(=O)CC1(C)CC1. The van der Waals surface area contributed by atoms with Gasteiger partial charge in [0.15, 0.2) is 0 Å². The van der Waals surface area contributed by atoms with Crippen LogP contribution in [-0.4, -0.2) is 17.9 Å². The second kappa shape index (κ2) is 3.89. The molecule has 0 atom stereocenters. The number of carbonyl (C=O) groups is 1. The van der Waals surface area contributed by atoms with Gasteiger partial charge in [0.1, 0.15) is 0 Å². The van der Waals surface area contributed by atoms with E-state index < -0.39 is 0 Å². The Labute approximate surface area is 96.5 Å². The van der Waals surface area contributed by atoms with Crippen LogP contribution in [0.3, 0.4) is 0 Å². The largest absolute Gasteiger partial charge is 0.314 e. The van der Waals surface area contributed by atoms with Crippen molar-refractivity contribution in [3.63, 3.8) is 0 Å². The fourth-order valence-electron chi connectivity index (χ4n) is 1.81. The molecule has 0 aliphatic heterocycles. The molecule has 3 nitrogen and oxygen atoms in total. The van der Waals surface area contributed by atoms with Crippen molar-refractivity contribution >= 4 is 11.6 Å². The zero-order valence-electron chi connectivity index (χ0n) is 10.2. The van der Waals surface area contributed by atoms with Crippen molar-refractivity contribution in [2.45, 2.75) is 33.1 Å². The Hall–Kier alpha value is -1.38. The maximum absolute atomic E-state index is 12.0. The fraction of sp³-hybridized carbons (Fsp3) is 0.538. The molecule has 1 aromatic heterocycles. The number of amides is 1. The summed E-state index contributed by atoms with van der Waals surface area (Å²) in [5.41, 5.74) is 2.27. The molecule has 0 saturated heterocycles. The van der Waals surface area contributed by atoms with Crippen LogP contribution in [0.5, 0.6) is 0 Å². The van der Waals surface area contributed by atoms with E-state index in [1.807, 2.05) is 20.0 Å². The van der Waals surface area contributed by atoms with E-state index in [2.05, 4.69) is 11.9 Å². The lowest BCUT2D eigenvalue weighted by molar-refractivity contribution is -0.119. The van der Waals surface area contributed by atoms with Gasteiger partial charge in [0.05, 0.1) is 11.9 Å². The Balaban J connectivity index is 2.09. The van der Waals surface area contributed by atoms with Gasteiger partial charge >= 0.3 is 0 Å². The third kappa shape index (κ3) is 2.23. The number of hydrogen-bond acceptors (Lipinski definition) is 2. The first kappa shape index (κ1) is 11.1. The van der Waals surface area contributed by atoms with Crippen molar-refractivity contribution in [1.82, 2.24) is 4.98 Å². The number of pyridine rings is 1. The van der Waals surface area contributed by atoms with Crippen molar-refractivity contribution < 1.29 is 4.79 Å². The molecule has 2 rings (SSSR count). The van der Waals surface area contributed by atoms with Crippen LogP contribution in [0.4, 0.5) is 5.69 Å². The highest BCUT2D eigenvalue weighted by Crippen LogP contribution is 2.48. The average molecular weight is 218 g/mol. The van der Waals surface area contributed by atoms with Crippen LogP contribution < -0.4 is 4.90 Å². The Morgan fingerprint density at radius 2 is 2.25 bits per heavy atom. The Kier molecular flexibility index (Phi) is 2.70. The summed E-state index contributed by atoms with van der Waals surface area (Å²) in [4.78, 5) is 17.8. The van der Waals surface area contributed by atoms with E-state index >= 15 is 0 Å². The van der Waals surface area contributed by atoms with Gasteiger partial charge in [0.2, 0.25) is 5.91 Å². The standard InChI is InChI=1S/C13H18N2O/c1-10-4-7-14-9-11(10)15(3)12(16)8-13(2)5-6-13/h4,7,9H,5-6,8H2,1-3H3. The average Bonchev–Trinajstić information content (AvgIpc) is 2.95. The van der Waals surface area contributed by atoms with Gasteiger partial charge in [0.25, 0.3) is 0 Å². The summed E-state index contributed by atoms with van der Waals surface area (Å²) in [6.07, 6.45) is 6.51. The van der Waals surface area contributed by atoms with E-state index in [9.17, 15) is 4.79 Å². The zero-order chi connectivity index (χ0) is 11.8. The molecule has 0 unspecified atom stereocenters. The number of aromatic nitrogens is 1. The van der Waals surface area contributed by atoms with Crippen LogP contribution in [0.15, 0.2) is 18.5 Å². The minimum Gasteiger partial charge on any atom is -0.314 e. The van der Waals surface area contributed by atoms with Crippen LogP contribution in [-0.2, 0) is 4.79 Å². The predicted molar refractivity (Wildman–Crippen MR) is 64.3 cm³/mol. The fourth-order valence-corrected chi connectivity index (χ4v) is 1.81. The summed E-state index contributed by atoms with van der Waals surface area (Å²) < 4.78 is 0. The second-order valence-corrected chi connectivity index (χ2v) is 5.10. The van der Waals surface area contributed by atoms with E-state index in [4.69, 9.17) is 0 Å². The van der Waals surface area contributed by atoms with Gasteiger partial charge in [-0.2, -0.15) is 0 Å². The van der Waals surface area contributed by atoms with Crippen LogP contribution in [0.25, 0.3) is 0 Å². The first-order chi connectivity index (χ1) is 7.52. The summed E-state index contributed by atoms with van der Waals surface area (Å²) in [7, 11) is 1.83. The normalized spacial score (nSPS) is 16.9. The molecular weight excluding hydrogens is 200 g/mol. The number of anilines is 1. The minimum atomic E-state index is 0.191. The molecule has 86 valence electrons. The van der Waals surface area contributed by atoms with Crippen molar-refractivity contribution in [2.75, 3.05) is 11.9 Å². The van der Waals surface area contributed by atoms with Gasteiger partial charge in [-0.3, -0.25) is 9.78 Å². The molecule has 16 heavy (non-hydrogen) atoms. The van der Waals surface area contributed by atoms with Crippen LogP contribution >= 0.6 is 0 Å². The van der Waals surface area contributed by atoms with Crippen LogP contribution in [0.2, 0.25) is 0 Å². The molecule has 3 heteroatoms. The predicted octanol–water partition coefficient (Wildman–Crippen LogP) is 2.54. The molecule has 0 spiro atoms. The second-order valence-electron chi connectivity index (χ2n) is 5.10. The molecule has 1 amide bonds. The van der Waals surface area contributed by atoms with E-state index in [-0.39, 0.29) is 11.3 Å². The lowest BCUT2D eigenvalue weighted by Crippen LogP contribution is -2.28. The number of aryl methyl sites for hydroxylation is 1. The summed E-state index contributed by atoms with van der Waals surface area (Å²) in [6, 6.07) is 1.93. The summed E-state index contributed by atoms with van der Waals surface area (Å²) in [5, 5.41) is 0. The van der Waals surface area contributed by atoms with Crippen LogP contribution in [0, 0.1) is 12.3 Å². The summed E-state index contributed by atoms with van der Waals surface area (Å²) in [5.74, 6) is 0.191. The van der Waals surface area contributed by atoms with Gasteiger partial charge < -0.3 is 4.90 Å². The highest BCUT2D eigenvalue weighted by Gasteiger charge is 2.40. The molecule has 1 heterocycles. The molecule has 1 fully saturated rings. The van der Waals surface area contributed by atoms with E-state index in [0.29, 0.717) is 6.42 Å². The quantitative estimate of drug-likeness (QED) is 0.781. The monoisotopic (exact) mass is 218 g/mol. The van der Waals surface area contributed by atoms with Gasteiger partial charge in [-0.25, -0.2) is 0 Å². The molecule has 1 saturated carbocycles. The van der Waals surface area contributed by atoms with Crippen molar-refractivity contribution in [3.05, 3.63) is 24.0 Å². The molecule has 1 aliphatic carbocycles. The molecule has 1 aromatic rings. The highest BCUT2D eigenvalue weighted by molar-refractivity contribution is 5.93. The Morgan fingerprint density at radius 1 is 1.56 bits per heavy atom. The topological polar surface area (TPSA) is 33.2 Å². The zero-order valence-corrected chi connectivity index (χ0v) is 10.2. The lowest BCUT2D eigenvalue weighted by atomic mass is 10.0. The molecule has 0 bridgehead atoms. The van der Waals surface area contributed by atoms with Crippen LogP contribution in [0.1, 0.15) is 31.7 Å². The van der Waals surface area contributed by atoms with E-state index in [1.165, 1.54) is 12.8 Å². The Bertz CT molecular complexity index is 410. The number of rotatable bonds is 3. The third-order valence-corrected chi connectivity index (χ3v) is 3.43. The van der Waals surface area contributed by atoms with E-state index in [1.54, 1.807) is 17.3 Å². The van der Waals surface area contributed by atoms with Crippen molar-refractivity contribution in [3.8, 4) is 0 Å². The van der Waals surface area contributed by atoms with Gasteiger partial charge in [-0.15, -0.1) is 0 Å². The Morgan fingerprint density at radius 3 is 2.81 bits per heavy atom. The number of nitrogens with zero attached hydrogens (tertiary/aromatic N) is 2. The summed E-state index contributed by atoms with van der Waals surface area (Å²) in [6.45, 7) is 4.18. The van der Waals surface area contributed by atoms with Crippen molar-refractivity contribution in [1.29, 1.82) is 0 Å². The number of carbonyl (C=O) groups excluding carboxylic acids is 1. The van der Waals surface area contributed by atoms with Gasteiger partial charge in [-0.1, -0.05) is 6.92 Å². The molecular formula is C13H18N2O. The summed E-state index contributed by atoms with van der Waals surface area (Å²) >= 11 is 0. The minimum absolute atomic E-state index is 0.191. The first-order valence-electron chi connectivity index (χ1n) is 5.69. The maximum atomic E-state index is 12.0. The lowest BCUT2D eigenvalue weighted by Gasteiger charge is -2.20. The van der Waals surface area contributed by atoms with E-state index in [0.717, 1.165) is 11.3 Å². The van der Waals surface area contributed by atoms with Gasteiger partial charge in [-0.05, 0) is 36.8 Å². The smallest absolute Gasteiger partial charge is 0.227 e. The molecule has 0 aromatic carbocycles. The van der Waals surface area contributed by atoms with Crippen molar-refractivity contribution in [2.24, 2.45) is 5.41 Å². The molecule has 0 N–H and O–H groups in total. The van der Waals surface area contributed by atoms with Gasteiger partial charge in [0, 0.05) is 19.7 Å². The first-order valence-corrected chi connectivity index (χ1v) is 5.69. The maximum Gasteiger partial charge on any atom is 0.227 e. The molecule has 1 aliphatic rings. The third-order valence-electron chi connectivity index (χ3n) is 3.43. The molecule has 0 radical (unpaired) electrons.